The van der Waals surface area contributed by atoms with Gasteiger partial charge in [0.25, 0.3) is 0 Å². The lowest BCUT2D eigenvalue weighted by atomic mass is 10.1. The quantitative estimate of drug-likeness (QED) is 0.668. The normalized spacial score (nSPS) is 17.2. The number of pyridine rings is 1. The molecular weight excluding hydrogens is 383 g/mol. The first-order chi connectivity index (χ1) is 13.9. The van der Waals surface area contributed by atoms with Crippen molar-refractivity contribution in [3.8, 4) is 0 Å². The van der Waals surface area contributed by atoms with Gasteiger partial charge < -0.3 is 4.90 Å². The molecule has 0 spiro atoms. The molecule has 0 N–H and O–H groups in total. The Morgan fingerprint density at radius 3 is 2.76 bits per heavy atom. The molecule has 0 bridgehead atoms. The maximum atomic E-state index is 13.5. The average Bonchev–Trinajstić information content (AvgIpc) is 3.33. The molecule has 6 nitrogen and oxygen atoms in total. The van der Waals surface area contributed by atoms with Crippen molar-refractivity contribution in [2.75, 3.05) is 6.54 Å². The van der Waals surface area contributed by atoms with Crippen molar-refractivity contribution in [3.05, 3.63) is 59.3 Å². The number of hydrogen-bond donors (Lipinski definition) is 0. The summed E-state index contributed by atoms with van der Waals surface area (Å²) in [5, 5.41) is 4.20. The fourth-order valence-electron chi connectivity index (χ4n) is 3.72. The maximum Gasteiger partial charge on any atom is 0.433 e. The molecular formula is C20H20F3N5O. The molecule has 0 aliphatic carbocycles. The first-order valence-electron chi connectivity index (χ1n) is 9.53. The molecule has 1 amide bonds. The number of halogens is 3. The molecule has 3 aromatic heterocycles. The molecule has 1 unspecified atom stereocenters. The average molecular weight is 403 g/mol. The van der Waals surface area contributed by atoms with E-state index < -0.39 is 11.9 Å². The zero-order valence-electron chi connectivity index (χ0n) is 15.9. The summed E-state index contributed by atoms with van der Waals surface area (Å²) in [4.78, 5) is 22.9. The smallest absolute Gasteiger partial charge is 0.334 e. The van der Waals surface area contributed by atoms with Crippen molar-refractivity contribution in [2.24, 2.45) is 0 Å². The van der Waals surface area contributed by atoms with Crippen molar-refractivity contribution in [2.45, 2.75) is 44.8 Å². The Hall–Kier alpha value is -2.97. The van der Waals surface area contributed by atoms with Gasteiger partial charge in [0.1, 0.15) is 5.69 Å². The molecule has 1 atom stereocenters. The molecule has 0 aromatic carbocycles. The minimum Gasteiger partial charge on any atom is -0.334 e. The Labute approximate surface area is 165 Å². The third-order valence-corrected chi connectivity index (χ3v) is 5.12. The molecule has 4 rings (SSSR count). The van der Waals surface area contributed by atoms with Crippen LogP contribution in [0.25, 0.3) is 5.65 Å². The lowest BCUT2D eigenvalue weighted by Gasteiger charge is -2.23. The number of hydrogen-bond acceptors (Lipinski definition) is 4. The highest BCUT2D eigenvalue weighted by molar-refractivity contribution is 5.79. The summed E-state index contributed by atoms with van der Waals surface area (Å²) >= 11 is 0. The molecule has 1 aliphatic heterocycles. The molecule has 0 saturated carbocycles. The molecule has 9 heteroatoms. The van der Waals surface area contributed by atoms with Gasteiger partial charge in [-0.3, -0.25) is 9.78 Å². The summed E-state index contributed by atoms with van der Waals surface area (Å²) in [5.74, 6) is -0.110. The van der Waals surface area contributed by atoms with Gasteiger partial charge in [-0.2, -0.15) is 18.3 Å². The van der Waals surface area contributed by atoms with Crippen molar-refractivity contribution < 1.29 is 18.0 Å². The highest BCUT2D eigenvalue weighted by Crippen LogP contribution is 2.34. The van der Waals surface area contributed by atoms with Crippen LogP contribution < -0.4 is 0 Å². The first-order valence-corrected chi connectivity index (χ1v) is 9.53. The van der Waals surface area contributed by atoms with Crippen molar-refractivity contribution in [1.29, 1.82) is 0 Å². The van der Waals surface area contributed by atoms with Gasteiger partial charge in [0, 0.05) is 30.2 Å². The number of carbonyl (C=O) groups is 1. The maximum absolute atomic E-state index is 13.5. The molecule has 1 fully saturated rings. The number of aryl methyl sites for hydroxylation is 1. The Kier molecular flexibility index (Phi) is 4.97. The van der Waals surface area contributed by atoms with Gasteiger partial charge in [0.05, 0.1) is 18.2 Å². The van der Waals surface area contributed by atoms with Crippen molar-refractivity contribution in [3.63, 3.8) is 0 Å². The van der Waals surface area contributed by atoms with Crippen LogP contribution in [0.4, 0.5) is 13.2 Å². The Bertz CT molecular complexity index is 1030. The molecule has 1 saturated heterocycles. The molecule has 152 valence electrons. The van der Waals surface area contributed by atoms with E-state index in [1.807, 2.05) is 6.07 Å². The topological polar surface area (TPSA) is 63.4 Å². The SMILES string of the molecule is CCc1cc(C(F)(F)F)n2nc(C3CCCN3C(=O)Cc3ccccn3)cc2n1. The van der Waals surface area contributed by atoms with Crippen LogP contribution in [0.1, 0.15) is 48.6 Å². The van der Waals surface area contributed by atoms with E-state index in [9.17, 15) is 18.0 Å². The van der Waals surface area contributed by atoms with Crippen LogP contribution >= 0.6 is 0 Å². The Morgan fingerprint density at radius 1 is 1.24 bits per heavy atom. The van der Waals surface area contributed by atoms with Crippen LogP contribution in [0.3, 0.4) is 0 Å². The summed E-state index contributed by atoms with van der Waals surface area (Å²) in [5.41, 5.74) is 0.742. The second-order valence-electron chi connectivity index (χ2n) is 7.07. The number of aromatic nitrogens is 4. The summed E-state index contributed by atoms with van der Waals surface area (Å²) in [6, 6.07) is 7.60. The summed E-state index contributed by atoms with van der Waals surface area (Å²) in [7, 11) is 0. The van der Waals surface area contributed by atoms with Crippen LogP contribution in [0.15, 0.2) is 36.5 Å². The van der Waals surface area contributed by atoms with Crippen LogP contribution in [-0.2, 0) is 23.8 Å². The number of rotatable bonds is 4. The van der Waals surface area contributed by atoms with E-state index in [1.165, 1.54) is 0 Å². The minimum atomic E-state index is -4.54. The third kappa shape index (κ3) is 3.81. The minimum absolute atomic E-state index is 0.110. The predicted molar refractivity (Wildman–Crippen MR) is 99.0 cm³/mol. The van der Waals surface area contributed by atoms with E-state index >= 15 is 0 Å². The van der Waals surface area contributed by atoms with Gasteiger partial charge in [-0.05, 0) is 37.5 Å². The summed E-state index contributed by atoms with van der Waals surface area (Å²) in [6.07, 6.45) is -0.957. The zero-order chi connectivity index (χ0) is 20.6. The van der Waals surface area contributed by atoms with Crippen molar-refractivity contribution in [1.82, 2.24) is 24.5 Å². The molecule has 1 aliphatic rings. The predicted octanol–water partition coefficient (Wildman–Crippen LogP) is 3.61. The number of carbonyl (C=O) groups excluding carboxylic acids is 1. The van der Waals surface area contributed by atoms with E-state index in [0.717, 1.165) is 17.0 Å². The molecule has 3 aromatic rings. The summed E-state index contributed by atoms with van der Waals surface area (Å²) in [6.45, 7) is 2.30. The number of alkyl halides is 3. The van der Waals surface area contributed by atoms with Gasteiger partial charge in [-0.1, -0.05) is 13.0 Å². The fraction of sp³-hybridized carbons (Fsp3) is 0.400. The van der Waals surface area contributed by atoms with Crippen LogP contribution in [0.2, 0.25) is 0 Å². The van der Waals surface area contributed by atoms with Crippen molar-refractivity contribution >= 4 is 11.6 Å². The van der Waals surface area contributed by atoms with Crippen LogP contribution in [0.5, 0.6) is 0 Å². The van der Waals surface area contributed by atoms with Gasteiger partial charge in [0.15, 0.2) is 5.65 Å². The van der Waals surface area contributed by atoms with E-state index in [2.05, 4.69) is 15.1 Å². The molecule has 0 radical (unpaired) electrons. The van der Waals surface area contributed by atoms with E-state index in [-0.39, 0.29) is 24.0 Å². The summed E-state index contributed by atoms with van der Waals surface area (Å²) < 4.78 is 41.4. The number of likely N-dealkylation sites (tertiary alicyclic amines) is 1. The molecule has 4 heterocycles. The number of amides is 1. The largest absolute Gasteiger partial charge is 0.433 e. The van der Waals surface area contributed by atoms with E-state index in [1.54, 1.807) is 36.2 Å². The van der Waals surface area contributed by atoms with Crippen LogP contribution in [-0.4, -0.2) is 36.9 Å². The highest BCUT2D eigenvalue weighted by Gasteiger charge is 2.37. The lowest BCUT2D eigenvalue weighted by Crippen LogP contribution is -2.32. The fourth-order valence-corrected chi connectivity index (χ4v) is 3.72. The van der Waals surface area contributed by atoms with Gasteiger partial charge in [0.2, 0.25) is 5.91 Å². The first kappa shape index (κ1) is 19.4. The highest BCUT2D eigenvalue weighted by atomic mass is 19.4. The van der Waals surface area contributed by atoms with E-state index in [4.69, 9.17) is 0 Å². The zero-order valence-corrected chi connectivity index (χ0v) is 15.9. The Balaban J connectivity index is 1.67. The monoisotopic (exact) mass is 403 g/mol. The van der Waals surface area contributed by atoms with E-state index in [0.29, 0.717) is 36.5 Å². The number of nitrogens with zero attached hydrogens (tertiary/aromatic N) is 5. The lowest BCUT2D eigenvalue weighted by molar-refractivity contribution is -0.142. The van der Waals surface area contributed by atoms with Crippen LogP contribution in [0, 0.1) is 0 Å². The number of fused-ring (bicyclic) bond motifs is 1. The second-order valence-corrected chi connectivity index (χ2v) is 7.07. The third-order valence-electron chi connectivity index (χ3n) is 5.12. The second kappa shape index (κ2) is 7.46. The van der Waals surface area contributed by atoms with Gasteiger partial charge in [-0.15, -0.1) is 0 Å². The molecule has 29 heavy (non-hydrogen) atoms. The Morgan fingerprint density at radius 2 is 2.07 bits per heavy atom. The van der Waals surface area contributed by atoms with Gasteiger partial charge in [-0.25, -0.2) is 9.50 Å². The standard InChI is InChI=1S/C20H20F3N5O/c1-2-13-10-17(20(21,22)23)28-18(25-13)12-15(26-28)16-7-5-9-27(16)19(29)11-14-6-3-4-8-24-14/h3-4,6,8,10,12,16H,2,5,7,9,11H2,1H3. The van der Waals surface area contributed by atoms with Gasteiger partial charge >= 0.3 is 6.18 Å².